The molecule has 0 aromatic heterocycles. The topological polar surface area (TPSA) is 101 Å². The zero-order valence-corrected chi connectivity index (χ0v) is 13.6. The largest absolute Gasteiger partial charge is 0.358 e. The molecule has 1 saturated carbocycles. The van der Waals surface area contributed by atoms with Crippen molar-refractivity contribution < 1.29 is 27.0 Å². The quantitative estimate of drug-likeness (QED) is 0.637. The Labute approximate surface area is 128 Å². The lowest BCUT2D eigenvalue weighted by Crippen LogP contribution is -2.37. The minimum Gasteiger partial charge on any atom is -0.322 e. The highest BCUT2D eigenvalue weighted by Crippen LogP contribution is 2.59. The third-order valence-corrected chi connectivity index (χ3v) is 6.90. The second-order valence-corrected chi connectivity index (χ2v) is 8.93. The van der Waals surface area contributed by atoms with Crippen molar-refractivity contribution in [3.05, 3.63) is 29.3 Å². The summed E-state index contributed by atoms with van der Waals surface area (Å²) in [5, 5.41) is -1.60. The van der Waals surface area contributed by atoms with Gasteiger partial charge >= 0.3 is 7.60 Å². The van der Waals surface area contributed by atoms with Crippen molar-refractivity contribution >= 4 is 29.3 Å². The maximum atomic E-state index is 12.3. The molecule has 9 heteroatoms. The predicted molar refractivity (Wildman–Crippen MR) is 77.6 cm³/mol. The Balaban J connectivity index is 2.36. The van der Waals surface area contributed by atoms with Crippen LogP contribution in [0, 0.1) is 0 Å². The fourth-order valence-corrected chi connectivity index (χ4v) is 5.23. The van der Waals surface area contributed by atoms with Gasteiger partial charge in [-0.1, -0.05) is 18.0 Å². The summed E-state index contributed by atoms with van der Waals surface area (Å²) in [4.78, 5) is 18.9. The van der Waals surface area contributed by atoms with E-state index < -0.39 is 23.1 Å². The number of rotatable bonds is 4. The van der Waals surface area contributed by atoms with E-state index in [-0.39, 0.29) is 17.7 Å². The minimum atomic E-state index is -4.73. The zero-order chi connectivity index (χ0) is 15.7. The summed E-state index contributed by atoms with van der Waals surface area (Å²) in [6, 6.07) is 5.24. The molecule has 2 N–H and O–H groups in total. The Kier molecular flexibility index (Phi) is 4.83. The average Bonchev–Trinajstić information content (AvgIpc) is 2.38. The summed E-state index contributed by atoms with van der Waals surface area (Å²) < 4.78 is 41.3. The molecule has 0 atom stereocenters. The van der Waals surface area contributed by atoms with Crippen LogP contribution in [0.2, 0.25) is 5.02 Å². The maximum Gasteiger partial charge on any atom is 0.358 e. The summed E-state index contributed by atoms with van der Waals surface area (Å²) >= 11 is 5.69. The van der Waals surface area contributed by atoms with Gasteiger partial charge in [-0.2, -0.15) is 8.42 Å². The molecule has 1 aliphatic rings. The lowest BCUT2D eigenvalue weighted by Gasteiger charge is -2.36. The number of hydrogen-bond acceptors (Lipinski definition) is 4. The molecule has 1 aromatic rings. The van der Waals surface area contributed by atoms with Crippen LogP contribution in [0.4, 0.5) is 0 Å². The number of hydrogen-bond donors (Lipinski definition) is 2. The van der Waals surface area contributed by atoms with Gasteiger partial charge in [0.1, 0.15) is 0 Å². The van der Waals surface area contributed by atoms with E-state index in [9.17, 15) is 22.8 Å². The Morgan fingerprint density at radius 1 is 1.10 bits per heavy atom. The molecule has 0 amide bonds. The number of benzene rings is 1. The van der Waals surface area contributed by atoms with E-state index in [0.717, 1.165) is 6.42 Å². The van der Waals surface area contributed by atoms with Gasteiger partial charge in [0.25, 0.3) is 10.1 Å². The summed E-state index contributed by atoms with van der Waals surface area (Å²) in [6.45, 7) is 0. The molecular weight excluding hydrogens is 339 g/mol. The molecule has 0 unspecified atom stereocenters. The normalized spacial score (nSPS) is 19.4. The Morgan fingerprint density at radius 2 is 1.62 bits per heavy atom. The molecule has 6 nitrogen and oxygen atoms in total. The van der Waals surface area contributed by atoms with Crippen LogP contribution in [0.15, 0.2) is 29.2 Å². The molecule has 1 fully saturated rings. The molecule has 2 rings (SSSR count). The van der Waals surface area contributed by atoms with Gasteiger partial charge in [0.2, 0.25) is 0 Å². The summed E-state index contributed by atoms with van der Waals surface area (Å²) in [5.41, 5.74) is 0. The van der Waals surface area contributed by atoms with Gasteiger partial charge in [-0.25, -0.2) is 4.18 Å². The van der Waals surface area contributed by atoms with E-state index in [4.69, 9.17) is 15.8 Å². The molecule has 0 heterocycles. The fourth-order valence-electron chi connectivity index (χ4n) is 2.38. The highest BCUT2D eigenvalue weighted by molar-refractivity contribution is 7.87. The molecule has 118 valence electrons. The molecule has 0 saturated heterocycles. The highest BCUT2D eigenvalue weighted by Gasteiger charge is 2.52. The van der Waals surface area contributed by atoms with Crippen LogP contribution in [0.1, 0.15) is 32.1 Å². The standard InChI is InChI=1S/C12H16ClO6PS/c13-10-4-6-11(7-5-10)21(17,18)19-12(20(14,15)16)8-2-1-3-9-12/h4-7H,1-3,8-9H2,(H2,14,15,16). The van der Waals surface area contributed by atoms with Crippen molar-refractivity contribution in [2.75, 3.05) is 0 Å². The van der Waals surface area contributed by atoms with Gasteiger partial charge in [0.05, 0.1) is 4.90 Å². The van der Waals surface area contributed by atoms with Crippen LogP contribution in [0.3, 0.4) is 0 Å². The van der Waals surface area contributed by atoms with Crippen LogP contribution in [-0.2, 0) is 18.9 Å². The molecule has 0 aliphatic heterocycles. The van der Waals surface area contributed by atoms with E-state index >= 15 is 0 Å². The van der Waals surface area contributed by atoms with Crippen molar-refractivity contribution in [1.29, 1.82) is 0 Å². The highest BCUT2D eigenvalue weighted by atomic mass is 35.5. The SMILES string of the molecule is O=P(O)(O)C1(OS(=O)(=O)c2ccc(Cl)cc2)CCCCC1. The van der Waals surface area contributed by atoms with E-state index in [2.05, 4.69) is 0 Å². The third-order valence-electron chi connectivity index (χ3n) is 3.53. The van der Waals surface area contributed by atoms with E-state index in [0.29, 0.717) is 17.9 Å². The molecule has 21 heavy (non-hydrogen) atoms. The van der Waals surface area contributed by atoms with Crippen LogP contribution in [0.5, 0.6) is 0 Å². The Morgan fingerprint density at radius 3 is 2.10 bits per heavy atom. The van der Waals surface area contributed by atoms with Gasteiger partial charge in [-0.15, -0.1) is 0 Å². The van der Waals surface area contributed by atoms with Crippen molar-refractivity contribution in [2.45, 2.75) is 42.3 Å². The summed E-state index contributed by atoms with van der Waals surface area (Å²) in [5.74, 6) is 0. The first kappa shape index (κ1) is 16.9. The van der Waals surface area contributed by atoms with Crippen LogP contribution < -0.4 is 0 Å². The Hall–Kier alpha value is -0.430. The van der Waals surface area contributed by atoms with Crippen molar-refractivity contribution in [1.82, 2.24) is 0 Å². The summed E-state index contributed by atoms with van der Waals surface area (Å²) in [7, 11) is -9.00. The van der Waals surface area contributed by atoms with Crippen molar-refractivity contribution in [2.24, 2.45) is 0 Å². The average molecular weight is 355 g/mol. The van der Waals surface area contributed by atoms with Gasteiger partial charge in [0.15, 0.2) is 5.34 Å². The molecule has 0 bridgehead atoms. The lowest BCUT2D eigenvalue weighted by molar-refractivity contribution is 0.0850. The second-order valence-electron chi connectivity index (χ2n) is 5.04. The van der Waals surface area contributed by atoms with E-state index in [1.807, 2.05) is 0 Å². The first-order valence-corrected chi connectivity index (χ1v) is 9.83. The van der Waals surface area contributed by atoms with Gasteiger partial charge in [-0.05, 0) is 49.9 Å². The Bertz CT molecular complexity index is 645. The maximum absolute atomic E-state index is 12.3. The molecule has 0 spiro atoms. The van der Waals surface area contributed by atoms with Gasteiger partial charge < -0.3 is 9.79 Å². The van der Waals surface area contributed by atoms with Crippen molar-refractivity contribution in [3.8, 4) is 0 Å². The minimum absolute atomic E-state index is 0.0180. The molecule has 1 aliphatic carbocycles. The number of halogens is 1. The first-order valence-electron chi connectivity index (χ1n) is 6.43. The third kappa shape index (κ3) is 3.67. The molecule has 0 radical (unpaired) electrons. The van der Waals surface area contributed by atoms with Crippen LogP contribution >= 0.6 is 19.2 Å². The van der Waals surface area contributed by atoms with E-state index in [1.54, 1.807) is 0 Å². The smallest absolute Gasteiger partial charge is 0.322 e. The zero-order valence-electron chi connectivity index (χ0n) is 11.1. The van der Waals surface area contributed by atoms with Gasteiger partial charge in [0, 0.05) is 5.02 Å². The molecular formula is C12H16ClO6PS. The predicted octanol–water partition coefficient (Wildman–Crippen LogP) is 2.88. The second kappa shape index (κ2) is 5.99. The summed E-state index contributed by atoms with van der Waals surface area (Å²) in [6.07, 6.45) is 1.86. The van der Waals surface area contributed by atoms with Crippen LogP contribution in [-0.4, -0.2) is 23.5 Å². The monoisotopic (exact) mass is 354 g/mol. The first-order chi connectivity index (χ1) is 9.66. The fraction of sp³-hybridized carbons (Fsp3) is 0.500. The molecule has 1 aromatic carbocycles. The van der Waals surface area contributed by atoms with Crippen LogP contribution in [0.25, 0.3) is 0 Å². The van der Waals surface area contributed by atoms with Gasteiger partial charge in [-0.3, -0.25) is 4.57 Å². The van der Waals surface area contributed by atoms with Crippen molar-refractivity contribution in [3.63, 3.8) is 0 Å². The van der Waals surface area contributed by atoms with E-state index in [1.165, 1.54) is 24.3 Å². The lowest BCUT2D eigenvalue weighted by atomic mass is 9.97.